The molecule has 1 rings (SSSR count). The van der Waals surface area contributed by atoms with E-state index in [4.69, 9.17) is 0 Å². The summed E-state index contributed by atoms with van der Waals surface area (Å²) in [6.45, 7) is 7.41. The Labute approximate surface area is 212 Å². The van der Waals surface area contributed by atoms with E-state index >= 15 is 0 Å². The number of likely N-dealkylation sites (tertiary alicyclic amines) is 1. The third-order valence-corrected chi connectivity index (χ3v) is 7.23. The summed E-state index contributed by atoms with van der Waals surface area (Å²) in [5.41, 5.74) is 0. The maximum atomic E-state index is 12.5. The first-order valence-corrected chi connectivity index (χ1v) is 15.0. The summed E-state index contributed by atoms with van der Waals surface area (Å²) in [5, 5.41) is 14.0. The van der Waals surface area contributed by atoms with Crippen molar-refractivity contribution in [2.24, 2.45) is 0 Å². The van der Waals surface area contributed by atoms with Crippen molar-refractivity contribution >= 4 is 5.91 Å². The number of rotatable bonds is 23. The first-order valence-electron chi connectivity index (χ1n) is 15.0. The van der Waals surface area contributed by atoms with Crippen LogP contribution in [0.15, 0.2) is 12.2 Å². The topological polar surface area (TPSA) is 52.6 Å². The van der Waals surface area contributed by atoms with E-state index in [9.17, 15) is 9.90 Å². The van der Waals surface area contributed by atoms with Crippen molar-refractivity contribution in [3.05, 3.63) is 12.2 Å². The minimum atomic E-state index is -0.600. The van der Waals surface area contributed by atoms with Crippen molar-refractivity contribution in [1.29, 1.82) is 0 Å². The number of nitrogens with zero attached hydrogens (tertiary/aromatic N) is 1. The summed E-state index contributed by atoms with van der Waals surface area (Å²) < 4.78 is 0. The molecule has 2 unspecified atom stereocenters. The van der Waals surface area contributed by atoms with Crippen LogP contribution in [0.4, 0.5) is 0 Å². The Balaban J connectivity index is 2.21. The van der Waals surface area contributed by atoms with Gasteiger partial charge in [-0.05, 0) is 45.2 Å². The molecule has 0 aromatic carbocycles. The number of aliphatic hydroxyl groups excluding tert-OH is 1. The van der Waals surface area contributed by atoms with Crippen LogP contribution in [0, 0.1) is 0 Å². The zero-order chi connectivity index (χ0) is 24.7. The lowest BCUT2D eigenvalue weighted by Crippen LogP contribution is -2.49. The fourth-order valence-corrected chi connectivity index (χ4v) is 4.95. The van der Waals surface area contributed by atoms with Gasteiger partial charge in [0, 0.05) is 13.0 Å². The molecule has 0 saturated carbocycles. The predicted molar refractivity (Wildman–Crippen MR) is 147 cm³/mol. The number of amides is 1. The third-order valence-electron chi connectivity index (χ3n) is 7.23. The van der Waals surface area contributed by atoms with Gasteiger partial charge < -0.3 is 15.3 Å². The minimum Gasteiger partial charge on any atom is -0.387 e. The Morgan fingerprint density at radius 2 is 1.29 bits per heavy atom. The predicted octanol–water partition coefficient (Wildman–Crippen LogP) is 7.55. The molecule has 0 aromatic rings. The molecule has 1 aliphatic heterocycles. The summed E-state index contributed by atoms with van der Waals surface area (Å²) in [7, 11) is 0. The molecule has 1 amide bonds. The highest BCUT2D eigenvalue weighted by Gasteiger charge is 2.23. The summed E-state index contributed by atoms with van der Waals surface area (Å²) in [6.07, 6.45) is 28.2. The number of carbonyl (C=O) groups excluding carboxylic acids is 1. The molecule has 1 aliphatic rings. The fourth-order valence-electron chi connectivity index (χ4n) is 4.95. The molecule has 1 fully saturated rings. The molecule has 1 heterocycles. The molecule has 0 bridgehead atoms. The monoisotopic (exact) mass is 478 g/mol. The number of nitrogens with one attached hydrogen (secondary N) is 1. The van der Waals surface area contributed by atoms with Gasteiger partial charge >= 0.3 is 0 Å². The van der Waals surface area contributed by atoms with Crippen LogP contribution < -0.4 is 5.32 Å². The highest BCUT2D eigenvalue weighted by atomic mass is 16.3. The highest BCUT2D eigenvalue weighted by Crippen LogP contribution is 2.13. The first-order chi connectivity index (χ1) is 16.7. The fraction of sp³-hybridized carbons (Fsp3) is 0.900. The van der Waals surface area contributed by atoms with E-state index in [-0.39, 0.29) is 11.9 Å². The standard InChI is InChI=1S/C30H58N2O2/c1-3-5-7-9-10-11-12-13-14-15-16-18-19-23-29(33)28(27-32-25-21-22-26-32)31-30(34)24-20-17-8-6-4-2/h19,23,28-29,33H,3-18,20-22,24-27H2,1-2H3,(H,31,34)/b23-19-. The molecular formula is C30H58N2O2. The van der Waals surface area contributed by atoms with E-state index in [1.165, 1.54) is 103 Å². The minimum absolute atomic E-state index is 0.0958. The van der Waals surface area contributed by atoms with Gasteiger partial charge in [-0.15, -0.1) is 0 Å². The Morgan fingerprint density at radius 1 is 0.794 bits per heavy atom. The van der Waals surface area contributed by atoms with Gasteiger partial charge in [0.15, 0.2) is 0 Å². The number of unbranched alkanes of at least 4 members (excludes halogenated alkanes) is 15. The Kier molecular flexibility index (Phi) is 20.7. The molecule has 2 atom stereocenters. The average Bonchev–Trinajstić information content (AvgIpc) is 3.34. The van der Waals surface area contributed by atoms with Crippen LogP contribution in [-0.2, 0) is 4.79 Å². The molecule has 4 heteroatoms. The van der Waals surface area contributed by atoms with Crippen molar-refractivity contribution < 1.29 is 9.90 Å². The zero-order valence-electron chi connectivity index (χ0n) is 22.9. The molecule has 0 radical (unpaired) electrons. The van der Waals surface area contributed by atoms with Gasteiger partial charge in [0.1, 0.15) is 0 Å². The molecule has 4 nitrogen and oxygen atoms in total. The number of hydrogen-bond acceptors (Lipinski definition) is 3. The normalized spacial score (nSPS) is 16.3. The Morgan fingerprint density at radius 3 is 1.85 bits per heavy atom. The number of allylic oxidation sites excluding steroid dienone is 1. The van der Waals surface area contributed by atoms with Gasteiger partial charge in [-0.1, -0.05) is 116 Å². The highest BCUT2D eigenvalue weighted by molar-refractivity contribution is 5.76. The largest absolute Gasteiger partial charge is 0.387 e. The zero-order valence-corrected chi connectivity index (χ0v) is 22.9. The van der Waals surface area contributed by atoms with Crippen molar-refractivity contribution in [3.8, 4) is 0 Å². The smallest absolute Gasteiger partial charge is 0.220 e. The van der Waals surface area contributed by atoms with Crippen molar-refractivity contribution in [1.82, 2.24) is 10.2 Å². The van der Waals surface area contributed by atoms with E-state index in [2.05, 4.69) is 30.1 Å². The van der Waals surface area contributed by atoms with Gasteiger partial charge in [0.05, 0.1) is 12.1 Å². The van der Waals surface area contributed by atoms with Crippen LogP contribution in [0.5, 0.6) is 0 Å². The van der Waals surface area contributed by atoms with E-state index in [0.29, 0.717) is 6.42 Å². The number of hydrogen-bond donors (Lipinski definition) is 2. The molecule has 2 N–H and O–H groups in total. The summed E-state index contributed by atoms with van der Waals surface area (Å²) in [4.78, 5) is 14.9. The van der Waals surface area contributed by atoms with E-state index < -0.39 is 6.10 Å². The second-order valence-corrected chi connectivity index (χ2v) is 10.6. The van der Waals surface area contributed by atoms with Crippen LogP contribution in [0.2, 0.25) is 0 Å². The quantitative estimate of drug-likeness (QED) is 0.118. The average molecular weight is 479 g/mol. The van der Waals surface area contributed by atoms with E-state index in [1.807, 2.05) is 6.08 Å². The molecule has 1 saturated heterocycles. The molecule has 200 valence electrons. The van der Waals surface area contributed by atoms with Gasteiger partial charge in [0.2, 0.25) is 5.91 Å². The van der Waals surface area contributed by atoms with Gasteiger partial charge in [-0.25, -0.2) is 0 Å². The van der Waals surface area contributed by atoms with Crippen LogP contribution >= 0.6 is 0 Å². The van der Waals surface area contributed by atoms with Crippen molar-refractivity contribution in [3.63, 3.8) is 0 Å². The number of aliphatic hydroxyl groups is 1. The second-order valence-electron chi connectivity index (χ2n) is 10.6. The third kappa shape index (κ3) is 17.5. The maximum absolute atomic E-state index is 12.5. The summed E-state index contributed by atoms with van der Waals surface area (Å²) in [5.74, 6) is 0.0958. The molecule has 0 aliphatic carbocycles. The SMILES string of the molecule is CCCCCCCCCCCCC/C=C\C(O)C(CN1CCCC1)NC(=O)CCCCCCC. The van der Waals surface area contributed by atoms with Crippen molar-refractivity contribution in [2.45, 2.75) is 154 Å². The van der Waals surface area contributed by atoms with Crippen LogP contribution in [0.1, 0.15) is 142 Å². The lowest BCUT2D eigenvalue weighted by atomic mass is 10.0. The van der Waals surface area contributed by atoms with Gasteiger partial charge in [0.25, 0.3) is 0 Å². The van der Waals surface area contributed by atoms with Crippen LogP contribution in [0.3, 0.4) is 0 Å². The lowest BCUT2D eigenvalue weighted by molar-refractivity contribution is -0.122. The molecule has 0 aromatic heterocycles. The molecule has 34 heavy (non-hydrogen) atoms. The maximum Gasteiger partial charge on any atom is 0.220 e. The lowest BCUT2D eigenvalue weighted by Gasteiger charge is -2.27. The summed E-state index contributed by atoms with van der Waals surface area (Å²) in [6, 6.07) is -0.199. The van der Waals surface area contributed by atoms with Crippen LogP contribution in [-0.4, -0.2) is 47.7 Å². The first kappa shape index (κ1) is 31.2. The Hall–Kier alpha value is -0.870. The van der Waals surface area contributed by atoms with Crippen molar-refractivity contribution in [2.75, 3.05) is 19.6 Å². The summed E-state index contributed by atoms with van der Waals surface area (Å²) >= 11 is 0. The molecular weight excluding hydrogens is 420 g/mol. The van der Waals surface area contributed by atoms with E-state index in [0.717, 1.165) is 38.9 Å². The van der Waals surface area contributed by atoms with Gasteiger partial charge in [-0.2, -0.15) is 0 Å². The van der Waals surface area contributed by atoms with Gasteiger partial charge in [-0.3, -0.25) is 4.79 Å². The molecule has 0 spiro atoms. The Bertz CT molecular complexity index is 488. The van der Waals surface area contributed by atoms with Crippen LogP contribution in [0.25, 0.3) is 0 Å². The number of carbonyl (C=O) groups is 1. The second kappa shape index (κ2) is 22.6. The van der Waals surface area contributed by atoms with E-state index in [1.54, 1.807) is 0 Å².